The van der Waals surface area contributed by atoms with Crippen molar-refractivity contribution in [3.63, 3.8) is 0 Å². The molecule has 4 rings (SSSR count). The van der Waals surface area contributed by atoms with Gasteiger partial charge in [0.15, 0.2) is 5.58 Å². The number of hydrogen-bond acceptors (Lipinski definition) is 4. The third-order valence-corrected chi connectivity index (χ3v) is 6.28. The lowest BCUT2D eigenvalue weighted by Crippen LogP contribution is -2.27. The van der Waals surface area contributed by atoms with Crippen molar-refractivity contribution < 1.29 is 17.2 Å². The van der Waals surface area contributed by atoms with E-state index in [1.54, 1.807) is 30.3 Å². The average molecular weight is 408 g/mol. The molecule has 0 unspecified atom stereocenters. The van der Waals surface area contributed by atoms with E-state index in [9.17, 15) is 12.8 Å². The molecule has 0 spiro atoms. The Hall–Kier alpha value is -3.45. The maximum Gasteiger partial charge on any atom is 0.266 e. The van der Waals surface area contributed by atoms with E-state index >= 15 is 0 Å². The number of nitrogens with zero attached hydrogens (tertiary/aromatic N) is 2. The molecule has 5 nitrogen and oxygen atoms in total. The summed E-state index contributed by atoms with van der Waals surface area (Å²) in [6.07, 6.45) is 3.56. The number of aromatic nitrogens is 1. The summed E-state index contributed by atoms with van der Waals surface area (Å²) in [5, 5.41) is 0. The molecule has 0 radical (unpaired) electrons. The fraction of sp³-hybridized carbons (Fsp3) is 0.0455. The second kappa shape index (κ2) is 7.52. The summed E-state index contributed by atoms with van der Waals surface area (Å²) >= 11 is 0. The highest BCUT2D eigenvalue weighted by atomic mass is 32.2. The monoisotopic (exact) mass is 408 g/mol. The number of hydrogen-bond donors (Lipinski definition) is 0. The van der Waals surface area contributed by atoms with Crippen LogP contribution in [0.15, 0.2) is 82.1 Å². The molecule has 29 heavy (non-hydrogen) atoms. The normalized spacial score (nSPS) is 11.9. The van der Waals surface area contributed by atoms with Crippen LogP contribution in [0.2, 0.25) is 0 Å². The molecule has 0 aliphatic heterocycles. The van der Waals surface area contributed by atoms with Crippen molar-refractivity contribution in [3.8, 4) is 0 Å². The van der Waals surface area contributed by atoms with Gasteiger partial charge < -0.3 is 4.42 Å². The number of benzene rings is 3. The zero-order valence-corrected chi connectivity index (χ0v) is 16.3. The van der Waals surface area contributed by atoms with Gasteiger partial charge in [-0.2, -0.15) is 0 Å². The average Bonchev–Trinajstić information content (AvgIpc) is 3.15. The largest absolute Gasteiger partial charge is 0.437 e. The SMILES string of the molecule is CN(c1ccc(/C=C/c2nc3ccccc3o2)cc1)S(=O)(=O)c1ccccc1F. The van der Waals surface area contributed by atoms with Crippen LogP contribution in [0.25, 0.3) is 23.3 Å². The van der Waals surface area contributed by atoms with Gasteiger partial charge in [-0.25, -0.2) is 17.8 Å². The lowest BCUT2D eigenvalue weighted by atomic mass is 10.2. The second-order valence-corrected chi connectivity index (χ2v) is 8.29. The molecule has 0 aliphatic carbocycles. The first-order chi connectivity index (χ1) is 13.9. The molecule has 0 aliphatic rings. The van der Waals surface area contributed by atoms with Crippen LogP contribution >= 0.6 is 0 Å². The summed E-state index contributed by atoms with van der Waals surface area (Å²) in [5.41, 5.74) is 2.75. The zero-order chi connectivity index (χ0) is 20.4. The maximum atomic E-state index is 13.9. The van der Waals surface area contributed by atoms with Crippen molar-refractivity contribution in [1.82, 2.24) is 4.98 Å². The third kappa shape index (κ3) is 3.77. The molecule has 0 saturated heterocycles. The molecule has 1 aromatic heterocycles. The summed E-state index contributed by atoms with van der Waals surface area (Å²) in [6, 6.07) is 19.7. The minimum Gasteiger partial charge on any atom is -0.437 e. The van der Waals surface area contributed by atoms with Gasteiger partial charge in [-0.3, -0.25) is 4.31 Å². The number of rotatable bonds is 5. The number of halogens is 1. The predicted octanol–water partition coefficient (Wildman–Crippen LogP) is 4.96. The van der Waals surface area contributed by atoms with Gasteiger partial charge >= 0.3 is 0 Å². The molecule has 0 fully saturated rings. The molecule has 7 heteroatoms. The Bertz CT molecular complexity index is 1260. The van der Waals surface area contributed by atoms with Crippen LogP contribution in [0.3, 0.4) is 0 Å². The Labute approximate surface area is 167 Å². The third-order valence-electron chi connectivity index (χ3n) is 4.46. The van der Waals surface area contributed by atoms with Gasteiger partial charge in [0.25, 0.3) is 10.0 Å². The van der Waals surface area contributed by atoms with E-state index in [1.165, 1.54) is 25.2 Å². The van der Waals surface area contributed by atoms with E-state index in [2.05, 4.69) is 4.98 Å². The number of anilines is 1. The lowest BCUT2D eigenvalue weighted by Gasteiger charge is -2.20. The first-order valence-corrected chi connectivity index (χ1v) is 10.3. The summed E-state index contributed by atoms with van der Waals surface area (Å²) in [6.45, 7) is 0. The van der Waals surface area contributed by atoms with Crippen LogP contribution in [-0.4, -0.2) is 20.4 Å². The van der Waals surface area contributed by atoms with Crippen LogP contribution in [0, 0.1) is 5.82 Å². The molecule has 0 atom stereocenters. The van der Waals surface area contributed by atoms with Crippen LogP contribution in [0.5, 0.6) is 0 Å². The van der Waals surface area contributed by atoms with E-state index in [-0.39, 0.29) is 4.90 Å². The second-order valence-electron chi connectivity index (χ2n) is 6.35. The Balaban J connectivity index is 1.55. The molecule has 3 aromatic carbocycles. The number of oxazole rings is 1. The van der Waals surface area contributed by atoms with E-state index in [4.69, 9.17) is 4.42 Å². The Kier molecular flexibility index (Phi) is 4.90. The predicted molar refractivity (Wildman–Crippen MR) is 111 cm³/mol. The molecule has 146 valence electrons. The number of sulfonamides is 1. The number of para-hydroxylation sites is 2. The number of fused-ring (bicyclic) bond motifs is 1. The summed E-state index contributed by atoms with van der Waals surface area (Å²) in [5.74, 6) is -0.299. The van der Waals surface area contributed by atoms with Crippen molar-refractivity contribution in [2.75, 3.05) is 11.4 Å². The van der Waals surface area contributed by atoms with Gasteiger partial charge in [-0.1, -0.05) is 36.4 Å². The minimum atomic E-state index is -3.99. The topological polar surface area (TPSA) is 63.4 Å². The van der Waals surface area contributed by atoms with Crippen molar-refractivity contribution >= 4 is 39.0 Å². The van der Waals surface area contributed by atoms with Gasteiger partial charge in [0.1, 0.15) is 16.2 Å². The van der Waals surface area contributed by atoms with Crippen LogP contribution < -0.4 is 4.31 Å². The Morgan fingerprint density at radius 2 is 1.62 bits per heavy atom. The van der Waals surface area contributed by atoms with Gasteiger partial charge in [-0.15, -0.1) is 0 Å². The smallest absolute Gasteiger partial charge is 0.266 e. The van der Waals surface area contributed by atoms with Crippen molar-refractivity contribution in [3.05, 3.63) is 90.1 Å². The van der Waals surface area contributed by atoms with Gasteiger partial charge in [0, 0.05) is 13.1 Å². The van der Waals surface area contributed by atoms with Crippen LogP contribution in [-0.2, 0) is 10.0 Å². The van der Waals surface area contributed by atoms with E-state index in [1.807, 2.05) is 30.3 Å². The van der Waals surface area contributed by atoms with Gasteiger partial charge in [0.05, 0.1) is 5.69 Å². The summed E-state index contributed by atoms with van der Waals surface area (Å²) in [4.78, 5) is 4.01. The standard InChI is InChI=1S/C22H17FN2O3S/c1-25(29(26,27)21-9-5-2-6-18(21)23)17-13-10-16(11-14-17)12-15-22-24-19-7-3-4-8-20(19)28-22/h2-15H,1H3/b15-12+. The Morgan fingerprint density at radius 1 is 0.931 bits per heavy atom. The molecule has 0 saturated carbocycles. The van der Waals surface area contributed by atoms with Crippen molar-refractivity contribution in [1.29, 1.82) is 0 Å². The van der Waals surface area contributed by atoms with E-state index in [0.29, 0.717) is 17.2 Å². The summed E-state index contributed by atoms with van der Waals surface area (Å²) in [7, 11) is -2.60. The highest BCUT2D eigenvalue weighted by Crippen LogP contribution is 2.24. The maximum absolute atomic E-state index is 13.9. The van der Waals surface area contributed by atoms with Crippen molar-refractivity contribution in [2.24, 2.45) is 0 Å². The molecule has 0 N–H and O–H groups in total. The van der Waals surface area contributed by atoms with Crippen molar-refractivity contribution in [2.45, 2.75) is 4.90 Å². The fourth-order valence-electron chi connectivity index (χ4n) is 2.86. The van der Waals surface area contributed by atoms with Gasteiger partial charge in [0.2, 0.25) is 5.89 Å². The van der Waals surface area contributed by atoms with E-state index in [0.717, 1.165) is 21.5 Å². The highest BCUT2D eigenvalue weighted by molar-refractivity contribution is 7.92. The minimum absolute atomic E-state index is 0.359. The summed E-state index contributed by atoms with van der Waals surface area (Å²) < 4.78 is 46.0. The first-order valence-electron chi connectivity index (χ1n) is 8.82. The van der Waals surface area contributed by atoms with Crippen LogP contribution in [0.4, 0.5) is 10.1 Å². The first kappa shape index (κ1) is 18.9. The van der Waals surface area contributed by atoms with E-state index < -0.39 is 15.8 Å². The van der Waals surface area contributed by atoms with Crippen LogP contribution in [0.1, 0.15) is 11.5 Å². The molecule has 0 amide bonds. The molecular weight excluding hydrogens is 391 g/mol. The fourth-order valence-corrected chi connectivity index (χ4v) is 4.12. The molecule has 0 bridgehead atoms. The Morgan fingerprint density at radius 3 is 2.34 bits per heavy atom. The zero-order valence-electron chi connectivity index (χ0n) is 15.5. The molecule has 1 heterocycles. The van der Waals surface area contributed by atoms with Gasteiger partial charge in [-0.05, 0) is 48.0 Å². The quantitative estimate of drug-likeness (QED) is 0.468. The molecular formula is C22H17FN2O3S. The highest BCUT2D eigenvalue weighted by Gasteiger charge is 2.24. The molecule has 4 aromatic rings. The lowest BCUT2D eigenvalue weighted by molar-refractivity contribution is 0.566.